The number of rotatable bonds is 4. The lowest BCUT2D eigenvalue weighted by Crippen LogP contribution is -2.37. The van der Waals surface area contributed by atoms with E-state index in [9.17, 15) is 4.79 Å². The number of nitrogens with one attached hydrogen (secondary N) is 1. The summed E-state index contributed by atoms with van der Waals surface area (Å²) in [4.78, 5) is 13.7. The predicted octanol–water partition coefficient (Wildman–Crippen LogP) is 3.66. The summed E-state index contributed by atoms with van der Waals surface area (Å²) < 4.78 is 0. The van der Waals surface area contributed by atoms with Gasteiger partial charge in [0.05, 0.1) is 12.0 Å². The molecule has 5 heteroatoms. The Bertz CT molecular complexity index is 496. The van der Waals surface area contributed by atoms with Crippen LogP contribution in [-0.2, 0) is 0 Å². The molecule has 1 aromatic rings. The molecule has 0 aliphatic rings. The minimum Gasteiger partial charge on any atom is -0.324 e. The quantitative estimate of drug-likeness (QED) is 0.914. The van der Waals surface area contributed by atoms with Gasteiger partial charge < -0.3 is 10.2 Å². The van der Waals surface area contributed by atoms with E-state index < -0.39 is 0 Å². The standard InChI is InChI=1S/C14H18ClN3O/c1-4-18(9-10(2)8-16)14(19)17-12-6-5-11(3)13(15)7-12/h5-7,10H,4,9H2,1-3H3,(H,17,19). The van der Waals surface area contributed by atoms with Crippen LogP contribution in [0.3, 0.4) is 0 Å². The van der Waals surface area contributed by atoms with Gasteiger partial charge in [-0.3, -0.25) is 0 Å². The van der Waals surface area contributed by atoms with Gasteiger partial charge >= 0.3 is 6.03 Å². The van der Waals surface area contributed by atoms with Gasteiger partial charge in [0.15, 0.2) is 0 Å². The van der Waals surface area contributed by atoms with Gasteiger partial charge in [0.2, 0.25) is 0 Å². The minimum atomic E-state index is -0.218. The molecule has 1 unspecified atom stereocenters. The summed E-state index contributed by atoms with van der Waals surface area (Å²) >= 11 is 6.01. The smallest absolute Gasteiger partial charge is 0.321 e. The number of urea groups is 1. The molecular weight excluding hydrogens is 262 g/mol. The first kappa shape index (κ1) is 15.3. The molecule has 0 bridgehead atoms. The summed E-state index contributed by atoms with van der Waals surface area (Å²) in [5.41, 5.74) is 1.62. The Kier molecular flexibility index (Phi) is 5.65. The Balaban J connectivity index is 2.71. The number of anilines is 1. The zero-order valence-corrected chi connectivity index (χ0v) is 12.2. The van der Waals surface area contributed by atoms with Gasteiger partial charge in [-0.15, -0.1) is 0 Å². The van der Waals surface area contributed by atoms with Gasteiger partial charge in [0, 0.05) is 23.8 Å². The van der Waals surface area contributed by atoms with Crippen molar-refractivity contribution in [2.24, 2.45) is 5.92 Å². The van der Waals surface area contributed by atoms with Crippen LogP contribution in [0.1, 0.15) is 19.4 Å². The van der Waals surface area contributed by atoms with Crippen LogP contribution < -0.4 is 5.32 Å². The topological polar surface area (TPSA) is 56.1 Å². The highest BCUT2D eigenvalue weighted by molar-refractivity contribution is 6.31. The fraction of sp³-hybridized carbons (Fsp3) is 0.429. The molecule has 0 aliphatic heterocycles. The van der Waals surface area contributed by atoms with E-state index in [4.69, 9.17) is 16.9 Å². The summed E-state index contributed by atoms with van der Waals surface area (Å²) in [6, 6.07) is 7.28. The molecule has 0 heterocycles. The Morgan fingerprint density at radius 1 is 1.58 bits per heavy atom. The van der Waals surface area contributed by atoms with E-state index in [1.807, 2.05) is 19.9 Å². The van der Waals surface area contributed by atoms with Crippen molar-refractivity contribution in [2.45, 2.75) is 20.8 Å². The van der Waals surface area contributed by atoms with E-state index >= 15 is 0 Å². The SMILES string of the molecule is CCN(CC(C)C#N)C(=O)Nc1ccc(C)c(Cl)c1. The molecule has 102 valence electrons. The first-order valence-electron chi connectivity index (χ1n) is 6.19. The fourth-order valence-corrected chi connectivity index (χ4v) is 1.78. The monoisotopic (exact) mass is 279 g/mol. The summed E-state index contributed by atoms with van der Waals surface area (Å²) in [5.74, 6) is -0.188. The number of benzene rings is 1. The zero-order chi connectivity index (χ0) is 14.4. The van der Waals surface area contributed by atoms with E-state index in [1.165, 1.54) is 0 Å². The number of hydrogen-bond donors (Lipinski definition) is 1. The molecule has 0 aliphatic carbocycles. The third-order valence-corrected chi connectivity index (χ3v) is 3.21. The fourth-order valence-electron chi connectivity index (χ4n) is 1.60. The average molecular weight is 280 g/mol. The van der Waals surface area contributed by atoms with E-state index in [0.29, 0.717) is 23.8 Å². The molecule has 0 saturated carbocycles. The third-order valence-electron chi connectivity index (χ3n) is 2.81. The van der Waals surface area contributed by atoms with Crippen molar-refractivity contribution in [2.75, 3.05) is 18.4 Å². The normalized spacial score (nSPS) is 11.5. The van der Waals surface area contributed by atoms with Crippen LogP contribution in [0.25, 0.3) is 0 Å². The molecule has 1 aromatic carbocycles. The molecule has 4 nitrogen and oxygen atoms in total. The van der Waals surface area contributed by atoms with Crippen LogP contribution in [0.5, 0.6) is 0 Å². The van der Waals surface area contributed by atoms with Crippen LogP contribution in [0.15, 0.2) is 18.2 Å². The Labute approximate surface area is 119 Å². The molecule has 0 saturated heterocycles. The highest BCUT2D eigenvalue weighted by Crippen LogP contribution is 2.20. The minimum absolute atomic E-state index is 0.188. The van der Waals surface area contributed by atoms with Crippen LogP contribution in [0.4, 0.5) is 10.5 Å². The van der Waals surface area contributed by atoms with Crippen molar-refractivity contribution < 1.29 is 4.79 Å². The molecule has 19 heavy (non-hydrogen) atoms. The van der Waals surface area contributed by atoms with E-state index in [0.717, 1.165) is 5.56 Å². The second kappa shape index (κ2) is 7.01. The number of hydrogen-bond acceptors (Lipinski definition) is 2. The van der Waals surface area contributed by atoms with E-state index in [-0.39, 0.29) is 11.9 Å². The van der Waals surface area contributed by atoms with Gasteiger partial charge in [-0.05, 0) is 38.5 Å². The second-order valence-electron chi connectivity index (χ2n) is 4.46. The second-order valence-corrected chi connectivity index (χ2v) is 4.87. The number of halogens is 1. The molecule has 2 amide bonds. The highest BCUT2D eigenvalue weighted by Gasteiger charge is 2.14. The van der Waals surface area contributed by atoms with Gasteiger partial charge in [-0.1, -0.05) is 17.7 Å². The first-order chi connectivity index (χ1) is 8.97. The van der Waals surface area contributed by atoms with Crippen LogP contribution >= 0.6 is 11.6 Å². The van der Waals surface area contributed by atoms with Gasteiger partial charge in [0.1, 0.15) is 0 Å². The molecular formula is C14H18ClN3O. The van der Waals surface area contributed by atoms with Crippen molar-refractivity contribution in [3.8, 4) is 6.07 Å². The van der Waals surface area contributed by atoms with Crippen LogP contribution in [0.2, 0.25) is 5.02 Å². The van der Waals surface area contributed by atoms with Crippen LogP contribution in [-0.4, -0.2) is 24.0 Å². The number of aryl methyl sites for hydroxylation is 1. The maximum atomic E-state index is 12.1. The number of amides is 2. The van der Waals surface area contributed by atoms with Crippen molar-refractivity contribution >= 4 is 23.3 Å². The summed E-state index contributed by atoms with van der Waals surface area (Å²) in [6.07, 6.45) is 0. The van der Waals surface area contributed by atoms with Crippen molar-refractivity contribution in [1.82, 2.24) is 4.90 Å². The molecule has 1 rings (SSSR count). The van der Waals surface area contributed by atoms with Crippen molar-refractivity contribution in [3.05, 3.63) is 28.8 Å². The summed E-state index contributed by atoms with van der Waals surface area (Å²) in [7, 11) is 0. The molecule has 0 aromatic heterocycles. The molecule has 1 atom stereocenters. The Hall–Kier alpha value is -1.73. The third kappa shape index (κ3) is 4.46. The van der Waals surface area contributed by atoms with Gasteiger partial charge in [-0.2, -0.15) is 5.26 Å². The number of nitriles is 1. The Morgan fingerprint density at radius 2 is 2.26 bits per heavy atom. The van der Waals surface area contributed by atoms with E-state index in [1.54, 1.807) is 24.0 Å². The lowest BCUT2D eigenvalue weighted by Gasteiger charge is -2.22. The summed E-state index contributed by atoms with van der Waals surface area (Å²) in [6.45, 7) is 6.54. The first-order valence-corrected chi connectivity index (χ1v) is 6.57. The maximum Gasteiger partial charge on any atom is 0.321 e. The van der Waals surface area contributed by atoms with Gasteiger partial charge in [-0.25, -0.2) is 4.79 Å². The molecule has 1 N–H and O–H groups in total. The predicted molar refractivity (Wildman–Crippen MR) is 77.2 cm³/mol. The van der Waals surface area contributed by atoms with Crippen molar-refractivity contribution in [3.63, 3.8) is 0 Å². The number of carbonyl (C=O) groups is 1. The molecule has 0 radical (unpaired) electrons. The highest BCUT2D eigenvalue weighted by atomic mass is 35.5. The zero-order valence-electron chi connectivity index (χ0n) is 11.4. The number of nitrogens with zero attached hydrogens (tertiary/aromatic N) is 2. The Morgan fingerprint density at radius 3 is 2.79 bits per heavy atom. The lowest BCUT2D eigenvalue weighted by atomic mass is 10.2. The summed E-state index contributed by atoms with van der Waals surface area (Å²) in [5, 5.41) is 12.2. The lowest BCUT2D eigenvalue weighted by molar-refractivity contribution is 0.210. The van der Waals surface area contributed by atoms with Gasteiger partial charge in [0.25, 0.3) is 0 Å². The molecule has 0 fully saturated rings. The van der Waals surface area contributed by atoms with Crippen molar-refractivity contribution in [1.29, 1.82) is 5.26 Å². The molecule has 0 spiro atoms. The maximum absolute atomic E-state index is 12.1. The number of carbonyl (C=O) groups excluding carboxylic acids is 1. The van der Waals surface area contributed by atoms with Crippen LogP contribution in [0, 0.1) is 24.2 Å². The van der Waals surface area contributed by atoms with E-state index in [2.05, 4.69) is 11.4 Å². The largest absolute Gasteiger partial charge is 0.324 e. The average Bonchev–Trinajstić information content (AvgIpc) is 2.39.